The third kappa shape index (κ3) is 5.58. The molecule has 0 aliphatic carbocycles. The van der Waals surface area contributed by atoms with Gasteiger partial charge in [-0.15, -0.1) is 0 Å². The van der Waals surface area contributed by atoms with E-state index in [0.29, 0.717) is 43.2 Å². The molecule has 2 N–H and O–H groups in total. The Balaban J connectivity index is 1.53. The number of halogens is 2. The normalized spacial score (nSPS) is 18.1. The first-order valence-corrected chi connectivity index (χ1v) is 11.2. The smallest absolute Gasteiger partial charge is 0.319 e. The Morgan fingerprint density at radius 2 is 1.91 bits per heavy atom. The number of pyridine rings is 1. The molecule has 2 atom stereocenters. The first-order valence-electron chi connectivity index (χ1n) is 11.2. The predicted octanol–water partition coefficient (Wildman–Crippen LogP) is 4.57. The van der Waals surface area contributed by atoms with Crippen LogP contribution in [0.4, 0.5) is 19.3 Å². The standard InChI is InChI=1S/C26H28F2N4O2/c1-17-12-23(25(29-14-17)18-6-4-3-5-7-18)30-26(33)31-24-16-32(10-11-34-2)15-20(24)19-8-9-21(27)22(28)13-19/h3-9,12-14,20,24H,10-11,15-16H2,1-2H3,(H2,30,31,33)/t20-,24+/m0/s1. The van der Waals surface area contributed by atoms with Gasteiger partial charge in [0.1, 0.15) is 0 Å². The Labute approximate surface area is 198 Å². The molecule has 1 fully saturated rings. The molecule has 1 saturated heterocycles. The van der Waals surface area contributed by atoms with Crippen LogP contribution in [0.5, 0.6) is 0 Å². The van der Waals surface area contributed by atoms with Gasteiger partial charge in [-0.2, -0.15) is 0 Å². The maximum atomic E-state index is 13.9. The van der Waals surface area contributed by atoms with Crippen molar-refractivity contribution in [1.29, 1.82) is 0 Å². The maximum absolute atomic E-state index is 13.9. The van der Waals surface area contributed by atoms with Crippen LogP contribution in [-0.4, -0.2) is 55.3 Å². The minimum atomic E-state index is -0.894. The van der Waals surface area contributed by atoms with Crippen molar-refractivity contribution in [2.24, 2.45) is 0 Å². The van der Waals surface area contributed by atoms with Gasteiger partial charge in [0.15, 0.2) is 11.6 Å². The molecule has 0 unspecified atom stereocenters. The number of benzene rings is 2. The molecule has 1 aliphatic rings. The molecule has 0 radical (unpaired) electrons. The number of nitrogens with one attached hydrogen (secondary N) is 2. The molecule has 0 spiro atoms. The van der Waals surface area contributed by atoms with Crippen LogP contribution in [0.15, 0.2) is 60.8 Å². The summed E-state index contributed by atoms with van der Waals surface area (Å²) in [5.41, 5.74) is 3.73. The molecule has 34 heavy (non-hydrogen) atoms. The van der Waals surface area contributed by atoms with Crippen molar-refractivity contribution < 1.29 is 18.3 Å². The third-order valence-corrected chi connectivity index (χ3v) is 6.02. The fourth-order valence-corrected chi connectivity index (χ4v) is 4.33. The van der Waals surface area contributed by atoms with E-state index in [9.17, 15) is 13.6 Å². The summed E-state index contributed by atoms with van der Waals surface area (Å²) in [7, 11) is 1.63. The van der Waals surface area contributed by atoms with Crippen molar-refractivity contribution in [3.05, 3.63) is 83.6 Å². The number of methoxy groups -OCH3 is 1. The van der Waals surface area contributed by atoms with E-state index >= 15 is 0 Å². The van der Waals surface area contributed by atoms with Crippen LogP contribution in [0, 0.1) is 18.6 Å². The summed E-state index contributed by atoms with van der Waals surface area (Å²) in [5, 5.41) is 5.98. The first-order chi connectivity index (χ1) is 16.4. The van der Waals surface area contributed by atoms with Crippen molar-refractivity contribution in [3.63, 3.8) is 0 Å². The van der Waals surface area contributed by atoms with Crippen molar-refractivity contribution in [2.45, 2.75) is 18.9 Å². The molecule has 0 saturated carbocycles. The molecular formula is C26H28F2N4O2. The van der Waals surface area contributed by atoms with Crippen molar-refractivity contribution in [3.8, 4) is 11.3 Å². The average molecular weight is 467 g/mol. The summed E-state index contributed by atoms with van der Waals surface area (Å²) < 4.78 is 32.6. The monoisotopic (exact) mass is 466 g/mol. The summed E-state index contributed by atoms with van der Waals surface area (Å²) in [4.78, 5) is 19.7. The van der Waals surface area contributed by atoms with Gasteiger partial charge >= 0.3 is 6.03 Å². The van der Waals surface area contributed by atoms with Crippen LogP contribution in [0.3, 0.4) is 0 Å². The Morgan fingerprint density at radius 3 is 2.65 bits per heavy atom. The molecule has 2 amide bonds. The van der Waals surface area contributed by atoms with Gasteiger partial charge in [0, 0.05) is 44.4 Å². The van der Waals surface area contributed by atoms with E-state index in [1.54, 1.807) is 19.4 Å². The van der Waals surface area contributed by atoms with Crippen molar-refractivity contribution >= 4 is 11.7 Å². The van der Waals surface area contributed by atoms with Gasteiger partial charge < -0.3 is 15.4 Å². The number of anilines is 1. The van der Waals surface area contributed by atoms with E-state index in [-0.39, 0.29) is 18.0 Å². The number of nitrogens with zero attached hydrogens (tertiary/aromatic N) is 2. The maximum Gasteiger partial charge on any atom is 0.319 e. The van der Waals surface area contributed by atoms with Crippen LogP contribution in [0.25, 0.3) is 11.3 Å². The van der Waals surface area contributed by atoms with Gasteiger partial charge in [0.25, 0.3) is 0 Å². The molecule has 0 bridgehead atoms. The molecule has 2 heterocycles. The van der Waals surface area contributed by atoms with Crippen molar-refractivity contribution in [1.82, 2.24) is 15.2 Å². The number of likely N-dealkylation sites (tertiary alicyclic amines) is 1. The molecule has 4 rings (SSSR count). The van der Waals surface area contributed by atoms with Gasteiger partial charge in [-0.1, -0.05) is 36.4 Å². The number of urea groups is 1. The van der Waals surface area contributed by atoms with E-state index in [1.807, 2.05) is 43.3 Å². The van der Waals surface area contributed by atoms with Crippen LogP contribution in [-0.2, 0) is 4.74 Å². The summed E-state index contributed by atoms with van der Waals surface area (Å²) in [6.07, 6.45) is 1.76. The second-order valence-electron chi connectivity index (χ2n) is 8.51. The Kier molecular flexibility index (Phi) is 7.49. The Bertz CT molecular complexity index is 1140. The topological polar surface area (TPSA) is 66.5 Å². The van der Waals surface area contributed by atoms with Gasteiger partial charge in [0.2, 0.25) is 0 Å². The number of amides is 2. The lowest BCUT2D eigenvalue weighted by Gasteiger charge is -2.21. The summed E-state index contributed by atoms with van der Waals surface area (Å²) in [6.45, 7) is 4.29. The number of aromatic nitrogens is 1. The van der Waals surface area contributed by atoms with Gasteiger partial charge in [-0.3, -0.25) is 9.88 Å². The second-order valence-corrected chi connectivity index (χ2v) is 8.51. The molecular weight excluding hydrogens is 438 g/mol. The van der Waals surface area contributed by atoms with Crippen LogP contribution in [0.2, 0.25) is 0 Å². The summed E-state index contributed by atoms with van der Waals surface area (Å²) in [6, 6.07) is 14.7. The lowest BCUT2D eigenvalue weighted by molar-refractivity contribution is 0.159. The largest absolute Gasteiger partial charge is 0.383 e. The molecule has 2 aromatic carbocycles. The number of ether oxygens (including phenoxy) is 1. The highest BCUT2D eigenvalue weighted by Crippen LogP contribution is 2.30. The highest BCUT2D eigenvalue weighted by atomic mass is 19.2. The number of rotatable bonds is 7. The number of carbonyl (C=O) groups excluding carboxylic acids is 1. The van der Waals surface area contributed by atoms with Gasteiger partial charge in [-0.25, -0.2) is 13.6 Å². The number of aryl methyl sites for hydroxylation is 1. The lowest BCUT2D eigenvalue weighted by atomic mass is 9.94. The van der Waals surface area contributed by atoms with Crippen LogP contribution < -0.4 is 10.6 Å². The van der Waals surface area contributed by atoms with Crippen LogP contribution >= 0.6 is 0 Å². The fraction of sp³-hybridized carbons (Fsp3) is 0.308. The zero-order valence-corrected chi connectivity index (χ0v) is 19.2. The van der Waals surface area contributed by atoms with E-state index < -0.39 is 11.6 Å². The first kappa shape index (κ1) is 23.8. The van der Waals surface area contributed by atoms with Gasteiger partial charge in [0.05, 0.1) is 24.0 Å². The van der Waals surface area contributed by atoms with E-state index in [4.69, 9.17) is 4.74 Å². The van der Waals surface area contributed by atoms with E-state index in [0.717, 1.165) is 17.2 Å². The quantitative estimate of drug-likeness (QED) is 0.535. The van der Waals surface area contributed by atoms with E-state index in [2.05, 4.69) is 20.5 Å². The summed E-state index contributed by atoms with van der Waals surface area (Å²) >= 11 is 0. The summed E-state index contributed by atoms with van der Waals surface area (Å²) in [5.74, 6) is -1.98. The minimum absolute atomic E-state index is 0.193. The number of carbonyl (C=O) groups is 1. The Hall–Kier alpha value is -3.36. The molecule has 1 aliphatic heterocycles. The second kappa shape index (κ2) is 10.7. The molecule has 6 nitrogen and oxygen atoms in total. The third-order valence-electron chi connectivity index (χ3n) is 6.02. The SMILES string of the molecule is COCCN1C[C@@H](NC(=O)Nc2cc(C)cnc2-c2ccccc2)[C@H](c2ccc(F)c(F)c2)C1. The number of hydrogen-bond donors (Lipinski definition) is 2. The van der Waals surface area contributed by atoms with Gasteiger partial charge in [-0.05, 0) is 36.2 Å². The highest BCUT2D eigenvalue weighted by Gasteiger charge is 2.35. The molecule has 1 aromatic heterocycles. The molecule has 3 aromatic rings. The fourth-order valence-electron chi connectivity index (χ4n) is 4.33. The molecule has 8 heteroatoms. The zero-order chi connectivity index (χ0) is 24.1. The van der Waals surface area contributed by atoms with E-state index in [1.165, 1.54) is 6.07 Å². The zero-order valence-electron chi connectivity index (χ0n) is 19.2. The average Bonchev–Trinajstić information content (AvgIpc) is 3.22. The lowest BCUT2D eigenvalue weighted by Crippen LogP contribution is -2.42. The van der Waals surface area contributed by atoms with Crippen LogP contribution in [0.1, 0.15) is 17.0 Å². The highest BCUT2D eigenvalue weighted by molar-refractivity contribution is 5.93. The minimum Gasteiger partial charge on any atom is -0.383 e. The Morgan fingerprint density at radius 1 is 1.12 bits per heavy atom. The van der Waals surface area contributed by atoms with Crippen molar-refractivity contribution in [2.75, 3.05) is 38.7 Å². The number of hydrogen-bond acceptors (Lipinski definition) is 4. The predicted molar refractivity (Wildman–Crippen MR) is 128 cm³/mol. The molecule has 178 valence electrons.